The molecule has 2 heterocycles. The van der Waals surface area contributed by atoms with Gasteiger partial charge in [0, 0.05) is 12.3 Å². The highest BCUT2D eigenvalue weighted by molar-refractivity contribution is 4.98. The predicted octanol–water partition coefficient (Wildman–Crippen LogP) is 2.72. The Morgan fingerprint density at radius 1 is 1.31 bits per heavy atom. The number of fused-ring (bicyclic) bond motifs is 2. The van der Waals surface area contributed by atoms with Gasteiger partial charge in [-0.05, 0) is 26.7 Å². The monoisotopic (exact) mass is 184 g/mol. The van der Waals surface area contributed by atoms with Gasteiger partial charge in [0.25, 0.3) is 0 Å². The van der Waals surface area contributed by atoms with Crippen LogP contribution in [0.1, 0.15) is 47.0 Å². The summed E-state index contributed by atoms with van der Waals surface area (Å²) >= 11 is 0. The molecule has 4 atom stereocenters. The van der Waals surface area contributed by atoms with Crippen LogP contribution >= 0.6 is 0 Å². The third kappa shape index (κ3) is 1.31. The largest absolute Gasteiger partial charge is 0.347 e. The highest BCUT2D eigenvalue weighted by atomic mass is 16.7. The first kappa shape index (κ1) is 9.47. The van der Waals surface area contributed by atoms with E-state index in [2.05, 4.69) is 27.7 Å². The molecule has 2 fully saturated rings. The van der Waals surface area contributed by atoms with Crippen molar-refractivity contribution in [2.45, 2.75) is 64.4 Å². The molecule has 2 rings (SSSR count). The summed E-state index contributed by atoms with van der Waals surface area (Å²) in [6.45, 7) is 8.77. The minimum atomic E-state index is -0.271. The summed E-state index contributed by atoms with van der Waals surface area (Å²) in [4.78, 5) is 0. The SMILES string of the molecule is CC[C@@]12O[C@@H](C)C[C@@](C)(C[C@H]1C)O2. The van der Waals surface area contributed by atoms with Crippen molar-refractivity contribution >= 4 is 0 Å². The molecule has 0 saturated carbocycles. The van der Waals surface area contributed by atoms with E-state index in [9.17, 15) is 0 Å². The Bertz CT molecular complexity index is 216. The van der Waals surface area contributed by atoms with Gasteiger partial charge in [0.05, 0.1) is 11.7 Å². The Kier molecular flexibility index (Phi) is 1.97. The lowest BCUT2D eigenvalue weighted by molar-refractivity contribution is -0.318. The highest BCUT2D eigenvalue weighted by Gasteiger charge is 2.56. The lowest BCUT2D eigenvalue weighted by atomic mass is 9.90. The van der Waals surface area contributed by atoms with Crippen molar-refractivity contribution in [2.75, 3.05) is 0 Å². The van der Waals surface area contributed by atoms with E-state index in [0.717, 1.165) is 19.3 Å². The van der Waals surface area contributed by atoms with Gasteiger partial charge in [-0.25, -0.2) is 0 Å². The number of hydrogen-bond donors (Lipinski definition) is 0. The molecule has 2 nitrogen and oxygen atoms in total. The summed E-state index contributed by atoms with van der Waals surface area (Å²) in [5.41, 5.74) is 0.0765. The van der Waals surface area contributed by atoms with E-state index in [1.807, 2.05) is 0 Å². The molecule has 0 aromatic rings. The summed E-state index contributed by atoms with van der Waals surface area (Å²) < 4.78 is 12.1. The van der Waals surface area contributed by atoms with Crippen LogP contribution in [0.15, 0.2) is 0 Å². The number of ether oxygens (including phenoxy) is 2. The second-order valence-corrected chi connectivity index (χ2v) is 4.96. The van der Waals surface area contributed by atoms with Crippen LogP contribution in [0.3, 0.4) is 0 Å². The molecular weight excluding hydrogens is 164 g/mol. The fourth-order valence-electron chi connectivity index (χ4n) is 3.12. The average molecular weight is 184 g/mol. The van der Waals surface area contributed by atoms with Crippen molar-refractivity contribution in [3.63, 3.8) is 0 Å². The van der Waals surface area contributed by atoms with Crippen molar-refractivity contribution in [2.24, 2.45) is 5.92 Å². The Hall–Kier alpha value is -0.0800. The van der Waals surface area contributed by atoms with Gasteiger partial charge in [0.2, 0.25) is 0 Å². The minimum Gasteiger partial charge on any atom is -0.347 e. The van der Waals surface area contributed by atoms with E-state index >= 15 is 0 Å². The van der Waals surface area contributed by atoms with Crippen LogP contribution in [0, 0.1) is 5.92 Å². The summed E-state index contributed by atoms with van der Waals surface area (Å²) in [6, 6.07) is 0. The fraction of sp³-hybridized carbons (Fsp3) is 1.00. The molecular formula is C11H20O2. The quantitative estimate of drug-likeness (QED) is 0.624. The smallest absolute Gasteiger partial charge is 0.171 e. The molecule has 0 aromatic heterocycles. The molecule has 76 valence electrons. The minimum absolute atomic E-state index is 0.0765. The van der Waals surface area contributed by atoms with E-state index < -0.39 is 0 Å². The molecule has 0 spiro atoms. The Labute approximate surface area is 80.6 Å². The van der Waals surface area contributed by atoms with Crippen LogP contribution in [0.5, 0.6) is 0 Å². The maximum absolute atomic E-state index is 6.08. The standard InChI is InChI=1S/C11H20O2/c1-5-11-8(2)6-10(4,13-11)7-9(3)12-11/h8-9H,5-7H2,1-4H3/t8-,9+,10-,11+/m1/s1. The third-order valence-corrected chi connectivity index (χ3v) is 3.52. The van der Waals surface area contributed by atoms with E-state index in [-0.39, 0.29) is 11.4 Å². The van der Waals surface area contributed by atoms with Crippen molar-refractivity contribution in [1.82, 2.24) is 0 Å². The summed E-state index contributed by atoms with van der Waals surface area (Å²) in [5.74, 6) is 0.263. The first-order chi connectivity index (χ1) is 6.00. The van der Waals surface area contributed by atoms with Crippen LogP contribution in [-0.4, -0.2) is 17.5 Å². The third-order valence-electron chi connectivity index (χ3n) is 3.52. The summed E-state index contributed by atoms with van der Waals surface area (Å²) in [7, 11) is 0. The molecule has 0 radical (unpaired) electrons. The number of hydrogen-bond acceptors (Lipinski definition) is 2. The summed E-state index contributed by atoms with van der Waals surface area (Å²) in [6.07, 6.45) is 3.50. The zero-order valence-corrected chi connectivity index (χ0v) is 9.09. The first-order valence-corrected chi connectivity index (χ1v) is 5.38. The zero-order chi connectivity index (χ0) is 9.69. The molecule has 0 aliphatic carbocycles. The van der Waals surface area contributed by atoms with E-state index in [1.54, 1.807) is 0 Å². The molecule has 13 heavy (non-hydrogen) atoms. The second-order valence-electron chi connectivity index (χ2n) is 4.96. The highest BCUT2D eigenvalue weighted by Crippen LogP contribution is 2.51. The molecule has 0 unspecified atom stereocenters. The molecule has 0 aromatic carbocycles. The normalized spacial score (nSPS) is 55.4. The molecule has 2 aliphatic heterocycles. The Balaban J connectivity index is 2.28. The predicted molar refractivity (Wildman–Crippen MR) is 51.5 cm³/mol. The molecule has 2 aliphatic rings. The van der Waals surface area contributed by atoms with Gasteiger partial charge in [-0.2, -0.15) is 0 Å². The van der Waals surface area contributed by atoms with Crippen LogP contribution in [0.25, 0.3) is 0 Å². The maximum atomic E-state index is 6.08. The average Bonchev–Trinajstić information content (AvgIpc) is 2.18. The Morgan fingerprint density at radius 3 is 2.62 bits per heavy atom. The van der Waals surface area contributed by atoms with Gasteiger partial charge in [0.1, 0.15) is 0 Å². The Morgan fingerprint density at radius 2 is 2.00 bits per heavy atom. The number of rotatable bonds is 1. The molecule has 0 N–H and O–H groups in total. The fourth-order valence-corrected chi connectivity index (χ4v) is 3.12. The van der Waals surface area contributed by atoms with Crippen molar-refractivity contribution in [3.8, 4) is 0 Å². The van der Waals surface area contributed by atoms with Gasteiger partial charge in [-0.3, -0.25) is 0 Å². The van der Waals surface area contributed by atoms with Gasteiger partial charge in [0.15, 0.2) is 5.79 Å². The van der Waals surface area contributed by atoms with Crippen LogP contribution in [0.2, 0.25) is 0 Å². The van der Waals surface area contributed by atoms with E-state index in [4.69, 9.17) is 9.47 Å². The van der Waals surface area contributed by atoms with Gasteiger partial charge in [-0.1, -0.05) is 13.8 Å². The second kappa shape index (κ2) is 2.71. The van der Waals surface area contributed by atoms with Gasteiger partial charge >= 0.3 is 0 Å². The molecule has 0 amide bonds. The topological polar surface area (TPSA) is 18.5 Å². The van der Waals surface area contributed by atoms with Crippen molar-refractivity contribution in [1.29, 1.82) is 0 Å². The lowest BCUT2D eigenvalue weighted by Crippen LogP contribution is -2.47. The van der Waals surface area contributed by atoms with Gasteiger partial charge in [-0.15, -0.1) is 0 Å². The molecule has 2 saturated heterocycles. The first-order valence-electron chi connectivity index (χ1n) is 5.38. The van der Waals surface area contributed by atoms with E-state index in [1.165, 1.54) is 0 Å². The molecule has 2 bridgehead atoms. The van der Waals surface area contributed by atoms with Crippen molar-refractivity contribution < 1.29 is 9.47 Å². The molecule has 2 heteroatoms. The van der Waals surface area contributed by atoms with Crippen LogP contribution in [-0.2, 0) is 9.47 Å². The maximum Gasteiger partial charge on any atom is 0.171 e. The van der Waals surface area contributed by atoms with Crippen LogP contribution in [0.4, 0.5) is 0 Å². The van der Waals surface area contributed by atoms with E-state index in [0.29, 0.717) is 12.0 Å². The zero-order valence-electron chi connectivity index (χ0n) is 9.09. The lowest BCUT2D eigenvalue weighted by Gasteiger charge is -2.42. The van der Waals surface area contributed by atoms with Gasteiger partial charge < -0.3 is 9.47 Å². The summed E-state index contributed by atoms with van der Waals surface area (Å²) in [5, 5.41) is 0. The van der Waals surface area contributed by atoms with Crippen molar-refractivity contribution in [3.05, 3.63) is 0 Å². The van der Waals surface area contributed by atoms with Crippen LogP contribution < -0.4 is 0 Å².